The predicted octanol–water partition coefficient (Wildman–Crippen LogP) is 3.54. The SMILES string of the molecule is O=C(Nc1ccc2ccccc2c1)[C@H]1CN(S(=O)(=O)c2ccccc2)CCN1S(=O)(=O)c1ccccc1. The lowest BCUT2D eigenvalue weighted by Gasteiger charge is -2.38. The number of hydrogen-bond donors (Lipinski definition) is 1. The number of rotatable bonds is 6. The molecule has 0 aliphatic carbocycles. The third-order valence-electron chi connectivity index (χ3n) is 6.34. The minimum atomic E-state index is -4.07. The van der Waals surface area contributed by atoms with Crippen LogP contribution >= 0.6 is 0 Å². The first-order chi connectivity index (χ1) is 17.8. The molecule has 1 aliphatic rings. The molecule has 1 atom stereocenters. The van der Waals surface area contributed by atoms with Crippen LogP contribution in [-0.2, 0) is 24.8 Å². The molecular formula is C27H25N3O5S2. The van der Waals surface area contributed by atoms with E-state index in [0.29, 0.717) is 5.69 Å². The van der Waals surface area contributed by atoms with Gasteiger partial charge in [0.05, 0.1) is 9.79 Å². The van der Waals surface area contributed by atoms with Crippen LogP contribution in [0, 0.1) is 0 Å². The fourth-order valence-electron chi connectivity index (χ4n) is 4.42. The second-order valence-corrected chi connectivity index (χ2v) is 12.5. The Morgan fingerprint density at radius 2 is 1.24 bits per heavy atom. The van der Waals surface area contributed by atoms with Gasteiger partial charge in [-0.05, 0) is 47.2 Å². The van der Waals surface area contributed by atoms with Gasteiger partial charge in [0.15, 0.2) is 0 Å². The van der Waals surface area contributed by atoms with Crippen molar-refractivity contribution >= 4 is 42.4 Å². The molecule has 1 heterocycles. The summed E-state index contributed by atoms with van der Waals surface area (Å²) in [6.45, 7) is -0.565. The smallest absolute Gasteiger partial charge is 0.244 e. The number of nitrogens with one attached hydrogen (secondary N) is 1. The van der Waals surface area contributed by atoms with E-state index in [-0.39, 0.29) is 29.4 Å². The lowest BCUT2D eigenvalue weighted by atomic mass is 10.1. The number of piperazine rings is 1. The molecular weight excluding hydrogens is 510 g/mol. The number of carbonyl (C=O) groups excluding carboxylic acids is 1. The lowest BCUT2D eigenvalue weighted by Crippen LogP contribution is -2.60. The van der Waals surface area contributed by atoms with Crippen molar-refractivity contribution in [2.24, 2.45) is 0 Å². The van der Waals surface area contributed by atoms with Crippen molar-refractivity contribution in [1.29, 1.82) is 0 Å². The molecule has 0 unspecified atom stereocenters. The van der Waals surface area contributed by atoms with Gasteiger partial charge in [-0.2, -0.15) is 8.61 Å². The molecule has 8 nitrogen and oxygen atoms in total. The first-order valence-corrected chi connectivity index (χ1v) is 14.6. The molecule has 1 amide bonds. The topological polar surface area (TPSA) is 104 Å². The van der Waals surface area contributed by atoms with Gasteiger partial charge in [-0.1, -0.05) is 66.7 Å². The normalized spacial score (nSPS) is 17.5. The van der Waals surface area contributed by atoms with Crippen molar-refractivity contribution in [3.05, 3.63) is 103 Å². The van der Waals surface area contributed by atoms with Gasteiger partial charge in [0, 0.05) is 25.3 Å². The molecule has 1 N–H and O–H groups in total. The first-order valence-electron chi connectivity index (χ1n) is 11.7. The summed E-state index contributed by atoms with van der Waals surface area (Å²) in [6, 6.07) is 27.5. The minimum Gasteiger partial charge on any atom is -0.325 e. The zero-order valence-corrected chi connectivity index (χ0v) is 21.4. The minimum absolute atomic E-state index is 0.0397. The van der Waals surface area contributed by atoms with Crippen LogP contribution in [0.15, 0.2) is 113 Å². The number of carbonyl (C=O) groups is 1. The summed E-state index contributed by atoms with van der Waals surface area (Å²) in [7, 11) is -8.00. The van der Waals surface area contributed by atoms with Crippen LogP contribution in [0.1, 0.15) is 0 Å². The Morgan fingerprint density at radius 1 is 0.676 bits per heavy atom. The third-order valence-corrected chi connectivity index (χ3v) is 10.1. The standard InChI is InChI=1S/C27H25N3O5S2/c31-27(28-23-16-15-21-9-7-8-10-22(21)19-23)26-20-29(36(32,33)24-11-3-1-4-12-24)17-18-30(26)37(34,35)25-13-5-2-6-14-25/h1-16,19,26H,17-18,20H2,(H,28,31)/t26-/m1/s1. The highest BCUT2D eigenvalue weighted by Gasteiger charge is 2.43. The second-order valence-electron chi connectivity index (χ2n) is 8.67. The van der Waals surface area contributed by atoms with E-state index in [1.807, 2.05) is 30.3 Å². The summed E-state index contributed by atoms with van der Waals surface area (Å²) in [5.41, 5.74) is 0.490. The molecule has 0 spiro atoms. The fourth-order valence-corrected chi connectivity index (χ4v) is 7.47. The molecule has 190 valence electrons. The number of fused-ring (bicyclic) bond motifs is 1. The first kappa shape index (κ1) is 25.1. The van der Waals surface area contributed by atoms with Crippen LogP contribution in [0.5, 0.6) is 0 Å². The van der Waals surface area contributed by atoms with Crippen molar-refractivity contribution in [2.45, 2.75) is 15.8 Å². The maximum Gasteiger partial charge on any atom is 0.244 e. The number of anilines is 1. The number of benzene rings is 4. The Kier molecular flexibility index (Phi) is 6.82. The zero-order chi connectivity index (χ0) is 26.0. The summed E-state index contributed by atoms with van der Waals surface area (Å²) in [4.78, 5) is 13.7. The number of nitrogens with zero attached hydrogens (tertiary/aromatic N) is 2. The van der Waals surface area contributed by atoms with Gasteiger partial charge in [-0.3, -0.25) is 4.79 Å². The zero-order valence-electron chi connectivity index (χ0n) is 19.8. The van der Waals surface area contributed by atoms with Gasteiger partial charge < -0.3 is 5.32 Å². The molecule has 0 saturated carbocycles. The Hall–Kier alpha value is -3.57. The molecule has 5 rings (SSSR count). The van der Waals surface area contributed by atoms with Crippen molar-refractivity contribution in [2.75, 3.05) is 25.0 Å². The monoisotopic (exact) mass is 535 g/mol. The van der Waals surface area contributed by atoms with Crippen molar-refractivity contribution < 1.29 is 21.6 Å². The van der Waals surface area contributed by atoms with Crippen LogP contribution in [0.3, 0.4) is 0 Å². The molecule has 0 radical (unpaired) electrons. The number of hydrogen-bond acceptors (Lipinski definition) is 5. The summed E-state index contributed by atoms with van der Waals surface area (Å²) in [6.07, 6.45) is 0. The Morgan fingerprint density at radius 3 is 1.89 bits per heavy atom. The summed E-state index contributed by atoms with van der Waals surface area (Å²) >= 11 is 0. The predicted molar refractivity (Wildman–Crippen MR) is 142 cm³/mol. The van der Waals surface area contributed by atoms with Gasteiger partial charge in [0.1, 0.15) is 6.04 Å². The van der Waals surface area contributed by atoms with Crippen LogP contribution < -0.4 is 5.32 Å². The van der Waals surface area contributed by atoms with Crippen LogP contribution in [0.25, 0.3) is 10.8 Å². The Balaban J connectivity index is 1.49. The molecule has 4 aromatic carbocycles. The van der Waals surface area contributed by atoms with E-state index in [9.17, 15) is 21.6 Å². The number of amides is 1. The highest BCUT2D eigenvalue weighted by molar-refractivity contribution is 7.89. The van der Waals surface area contributed by atoms with Gasteiger partial charge in [-0.25, -0.2) is 16.8 Å². The van der Waals surface area contributed by atoms with Gasteiger partial charge >= 0.3 is 0 Å². The van der Waals surface area contributed by atoms with E-state index in [1.165, 1.54) is 28.6 Å². The molecule has 1 fully saturated rings. The van der Waals surface area contributed by atoms with E-state index < -0.39 is 32.0 Å². The largest absolute Gasteiger partial charge is 0.325 e. The quantitative estimate of drug-likeness (QED) is 0.407. The molecule has 1 saturated heterocycles. The lowest BCUT2D eigenvalue weighted by molar-refractivity contribution is -0.120. The molecule has 1 aliphatic heterocycles. The Labute approximate surface area is 216 Å². The molecule has 4 aromatic rings. The van der Waals surface area contributed by atoms with E-state index in [2.05, 4.69) is 5.32 Å². The fraction of sp³-hybridized carbons (Fsp3) is 0.148. The van der Waals surface area contributed by atoms with Crippen molar-refractivity contribution in [1.82, 2.24) is 8.61 Å². The average Bonchev–Trinajstić information content (AvgIpc) is 2.93. The second kappa shape index (κ2) is 10.1. The van der Waals surface area contributed by atoms with E-state index >= 15 is 0 Å². The highest BCUT2D eigenvalue weighted by atomic mass is 32.2. The van der Waals surface area contributed by atoms with Gasteiger partial charge in [0.2, 0.25) is 26.0 Å². The third kappa shape index (κ3) is 5.01. The van der Waals surface area contributed by atoms with Gasteiger partial charge in [0.25, 0.3) is 0 Å². The molecule has 10 heteroatoms. The number of sulfonamides is 2. The maximum atomic E-state index is 13.6. The summed E-state index contributed by atoms with van der Waals surface area (Å²) in [5, 5.41) is 4.70. The summed E-state index contributed by atoms with van der Waals surface area (Å²) in [5.74, 6) is -0.609. The van der Waals surface area contributed by atoms with Crippen LogP contribution in [-0.4, -0.2) is 57.0 Å². The Bertz CT molecular complexity index is 1640. The van der Waals surface area contributed by atoms with E-state index in [0.717, 1.165) is 15.1 Å². The molecule has 0 bridgehead atoms. The molecule has 37 heavy (non-hydrogen) atoms. The van der Waals surface area contributed by atoms with Crippen LogP contribution in [0.4, 0.5) is 5.69 Å². The van der Waals surface area contributed by atoms with E-state index in [4.69, 9.17) is 0 Å². The average molecular weight is 536 g/mol. The van der Waals surface area contributed by atoms with E-state index in [1.54, 1.807) is 48.5 Å². The van der Waals surface area contributed by atoms with Crippen molar-refractivity contribution in [3.8, 4) is 0 Å². The maximum absolute atomic E-state index is 13.6. The van der Waals surface area contributed by atoms with Crippen molar-refractivity contribution in [3.63, 3.8) is 0 Å². The highest BCUT2D eigenvalue weighted by Crippen LogP contribution is 2.27. The summed E-state index contributed by atoms with van der Waals surface area (Å²) < 4.78 is 56.0. The molecule has 0 aromatic heterocycles. The van der Waals surface area contributed by atoms with Gasteiger partial charge in [-0.15, -0.1) is 0 Å². The van der Waals surface area contributed by atoms with Crippen LogP contribution in [0.2, 0.25) is 0 Å².